The lowest BCUT2D eigenvalue weighted by Gasteiger charge is -2.13. The molecule has 0 aliphatic carbocycles. The third-order valence-electron chi connectivity index (χ3n) is 6.22. The third-order valence-corrected chi connectivity index (χ3v) is 6.22. The van der Waals surface area contributed by atoms with Crippen LogP contribution in [0.2, 0.25) is 0 Å². The fraction of sp³-hybridized carbons (Fsp3) is 0.967. The molecule has 1 atom stereocenters. The van der Waals surface area contributed by atoms with E-state index in [2.05, 4.69) is 13.8 Å². The van der Waals surface area contributed by atoms with Crippen molar-refractivity contribution in [3.8, 4) is 0 Å². The van der Waals surface area contributed by atoms with Crippen molar-refractivity contribution >= 4 is 5.97 Å². The number of rotatable bonds is 30. The Labute approximate surface area is 223 Å². The van der Waals surface area contributed by atoms with E-state index in [1.54, 1.807) is 0 Å². The van der Waals surface area contributed by atoms with Crippen LogP contribution in [0.3, 0.4) is 0 Å². The summed E-state index contributed by atoms with van der Waals surface area (Å²) in [6.45, 7) is 11.3. The summed E-state index contributed by atoms with van der Waals surface area (Å²) in [5, 5.41) is 0. The first-order chi connectivity index (χ1) is 17.7. The van der Waals surface area contributed by atoms with Gasteiger partial charge in [-0.05, 0) is 32.6 Å². The van der Waals surface area contributed by atoms with E-state index in [1.807, 2.05) is 6.92 Å². The minimum absolute atomic E-state index is 0.0157. The fourth-order valence-electron chi connectivity index (χ4n) is 3.97. The average molecular weight is 517 g/mol. The first kappa shape index (κ1) is 35.3. The summed E-state index contributed by atoms with van der Waals surface area (Å²) in [5.41, 5.74) is 0. The van der Waals surface area contributed by atoms with Crippen molar-refractivity contribution in [2.45, 2.75) is 136 Å². The van der Waals surface area contributed by atoms with Crippen molar-refractivity contribution < 1.29 is 28.5 Å². The zero-order valence-electron chi connectivity index (χ0n) is 24.2. The zero-order valence-corrected chi connectivity index (χ0v) is 24.2. The molecule has 216 valence electrons. The predicted octanol–water partition coefficient (Wildman–Crippen LogP) is 7.66. The summed E-state index contributed by atoms with van der Waals surface area (Å²) in [7, 11) is 0. The van der Waals surface area contributed by atoms with Gasteiger partial charge in [0, 0.05) is 19.6 Å². The van der Waals surface area contributed by atoms with Crippen LogP contribution >= 0.6 is 0 Å². The summed E-state index contributed by atoms with van der Waals surface area (Å²) in [6, 6.07) is 0. The molecule has 0 saturated carbocycles. The molecule has 0 aromatic carbocycles. The number of carbonyl (C=O) groups is 1. The summed E-state index contributed by atoms with van der Waals surface area (Å²) in [5.74, 6) is -0.123. The highest BCUT2D eigenvalue weighted by Gasteiger charge is 2.09. The molecule has 0 aliphatic heterocycles. The standard InChI is InChI=1S/C30H60O6/c1-4-6-8-10-11-12-13-14-15-17-21-32-23-25-34-27-28-35-26-24-33-22-18-20-30(31)36-29(3)19-16-9-7-5-2/h29H,4-28H2,1-3H3. The molecule has 6 heteroatoms. The Bertz CT molecular complexity index is 432. The Balaban J connectivity index is 3.17. The third kappa shape index (κ3) is 29.5. The summed E-state index contributed by atoms with van der Waals surface area (Å²) >= 11 is 0. The SMILES string of the molecule is CCCCCCCCCCCCOCCOCCOCCOCCCC(=O)OC(C)CCCCCC. The molecule has 0 amide bonds. The summed E-state index contributed by atoms with van der Waals surface area (Å²) < 4.78 is 27.6. The molecule has 1 unspecified atom stereocenters. The lowest BCUT2D eigenvalue weighted by molar-refractivity contribution is -0.149. The molecule has 0 bridgehead atoms. The van der Waals surface area contributed by atoms with E-state index in [1.165, 1.54) is 77.0 Å². The van der Waals surface area contributed by atoms with Crippen LogP contribution in [0.25, 0.3) is 0 Å². The van der Waals surface area contributed by atoms with Crippen molar-refractivity contribution in [1.82, 2.24) is 0 Å². The van der Waals surface area contributed by atoms with E-state index in [0.717, 1.165) is 25.9 Å². The van der Waals surface area contributed by atoms with Crippen molar-refractivity contribution in [3.63, 3.8) is 0 Å². The molecule has 0 saturated heterocycles. The topological polar surface area (TPSA) is 63.2 Å². The zero-order chi connectivity index (χ0) is 26.4. The molecule has 0 radical (unpaired) electrons. The highest BCUT2D eigenvalue weighted by Crippen LogP contribution is 2.11. The molecule has 0 heterocycles. The summed E-state index contributed by atoms with van der Waals surface area (Å²) in [4.78, 5) is 11.8. The Morgan fingerprint density at radius 2 is 0.889 bits per heavy atom. The van der Waals surface area contributed by atoms with Gasteiger partial charge < -0.3 is 23.7 Å². The Morgan fingerprint density at radius 3 is 1.39 bits per heavy atom. The Morgan fingerprint density at radius 1 is 0.500 bits per heavy atom. The first-order valence-electron chi connectivity index (χ1n) is 15.2. The monoisotopic (exact) mass is 516 g/mol. The lowest BCUT2D eigenvalue weighted by atomic mass is 10.1. The number of esters is 1. The normalized spacial score (nSPS) is 12.2. The molecular formula is C30H60O6. The van der Waals surface area contributed by atoms with E-state index in [9.17, 15) is 4.79 Å². The van der Waals surface area contributed by atoms with Crippen LogP contribution in [0.5, 0.6) is 0 Å². The first-order valence-corrected chi connectivity index (χ1v) is 15.2. The van der Waals surface area contributed by atoms with Gasteiger partial charge in [-0.1, -0.05) is 90.9 Å². The van der Waals surface area contributed by atoms with Gasteiger partial charge >= 0.3 is 5.97 Å². The molecule has 36 heavy (non-hydrogen) atoms. The lowest BCUT2D eigenvalue weighted by Crippen LogP contribution is -2.15. The van der Waals surface area contributed by atoms with Gasteiger partial charge in [0.1, 0.15) is 0 Å². The summed E-state index contributed by atoms with van der Waals surface area (Å²) in [6.07, 6.45) is 20.4. The van der Waals surface area contributed by atoms with Gasteiger partial charge in [-0.15, -0.1) is 0 Å². The van der Waals surface area contributed by atoms with Crippen molar-refractivity contribution in [3.05, 3.63) is 0 Å². The van der Waals surface area contributed by atoms with Crippen molar-refractivity contribution in [1.29, 1.82) is 0 Å². The van der Waals surface area contributed by atoms with E-state index in [4.69, 9.17) is 23.7 Å². The molecule has 0 rings (SSSR count). The molecule has 6 nitrogen and oxygen atoms in total. The van der Waals surface area contributed by atoms with Gasteiger partial charge in [-0.25, -0.2) is 0 Å². The number of unbranched alkanes of at least 4 members (excludes halogenated alkanes) is 12. The number of ether oxygens (including phenoxy) is 5. The minimum Gasteiger partial charge on any atom is -0.463 e. The predicted molar refractivity (Wildman–Crippen MR) is 149 cm³/mol. The maximum Gasteiger partial charge on any atom is 0.306 e. The van der Waals surface area contributed by atoms with Crippen molar-refractivity contribution in [2.75, 3.05) is 52.9 Å². The van der Waals surface area contributed by atoms with Crippen LogP contribution in [0.15, 0.2) is 0 Å². The second kappa shape index (κ2) is 30.5. The van der Waals surface area contributed by atoms with Gasteiger partial charge in [0.2, 0.25) is 0 Å². The molecule has 0 spiro atoms. The molecule has 0 aromatic heterocycles. The fourth-order valence-corrected chi connectivity index (χ4v) is 3.97. The van der Waals surface area contributed by atoms with Crippen LogP contribution < -0.4 is 0 Å². The molecule has 0 aromatic rings. The van der Waals surface area contributed by atoms with Crippen LogP contribution in [0, 0.1) is 0 Å². The smallest absolute Gasteiger partial charge is 0.306 e. The van der Waals surface area contributed by atoms with Crippen LogP contribution in [0.1, 0.15) is 130 Å². The van der Waals surface area contributed by atoms with Crippen LogP contribution in [0.4, 0.5) is 0 Å². The minimum atomic E-state index is -0.123. The molecule has 0 fully saturated rings. The largest absolute Gasteiger partial charge is 0.463 e. The Hall–Kier alpha value is -0.690. The van der Waals surface area contributed by atoms with Gasteiger partial charge in [0.25, 0.3) is 0 Å². The van der Waals surface area contributed by atoms with Gasteiger partial charge in [-0.2, -0.15) is 0 Å². The maximum atomic E-state index is 11.8. The van der Waals surface area contributed by atoms with Crippen LogP contribution in [-0.4, -0.2) is 64.9 Å². The molecule has 0 N–H and O–H groups in total. The maximum absolute atomic E-state index is 11.8. The van der Waals surface area contributed by atoms with Crippen molar-refractivity contribution in [2.24, 2.45) is 0 Å². The van der Waals surface area contributed by atoms with Gasteiger partial charge in [0.05, 0.1) is 45.7 Å². The second-order valence-electron chi connectivity index (χ2n) is 9.88. The number of carbonyl (C=O) groups excluding carboxylic acids is 1. The average Bonchev–Trinajstić information content (AvgIpc) is 2.87. The molecular weight excluding hydrogens is 456 g/mol. The quantitative estimate of drug-likeness (QED) is 0.0721. The van der Waals surface area contributed by atoms with Gasteiger partial charge in [-0.3, -0.25) is 4.79 Å². The second-order valence-corrected chi connectivity index (χ2v) is 9.88. The van der Waals surface area contributed by atoms with E-state index in [-0.39, 0.29) is 12.1 Å². The number of hydrogen-bond acceptors (Lipinski definition) is 6. The highest BCUT2D eigenvalue weighted by atomic mass is 16.6. The van der Waals surface area contributed by atoms with Crippen LogP contribution in [-0.2, 0) is 28.5 Å². The van der Waals surface area contributed by atoms with E-state index < -0.39 is 0 Å². The number of hydrogen-bond donors (Lipinski definition) is 0. The highest BCUT2D eigenvalue weighted by molar-refractivity contribution is 5.69. The molecule has 0 aliphatic rings. The Kier molecular flexibility index (Phi) is 29.9. The van der Waals surface area contributed by atoms with Gasteiger partial charge in [0.15, 0.2) is 0 Å². The van der Waals surface area contributed by atoms with E-state index in [0.29, 0.717) is 59.1 Å². The van der Waals surface area contributed by atoms with E-state index >= 15 is 0 Å².